The van der Waals surface area contributed by atoms with E-state index in [0.29, 0.717) is 19.2 Å². The lowest BCUT2D eigenvalue weighted by Gasteiger charge is -2.37. The first-order chi connectivity index (χ1) is 18.2. The van der Waals surface area contributed by atoms with Crippen LogP contribution in [0.2, 0.25) is 6.04 Å². The van der Waals surface area contributed by atoms with Gasteiger partial charge in [0.2, 0.25) is 0 Å². The third-order valence-corrected chi connectivity index (χ3v) is 11.9. The number of nitrogens with zero attached hydrogens (tertiary/aromatic N) is 2. The third kappa shape index (κ3) is 6.05. The number of allylic oxidation sites excluding steroid dienone is 1. The van der Waals surface area contributed by atoms with Crippen LogP contribution in [0.5, 0.6) is 0 Å². The summed E-state index contributed by atoms with van der Waals surface area (Å²) in [5.41, 5.74) is 1.14. The SMILES string of the molecule is C/C=C(\N[C@@H]1c2cccn2C(OCC)=N[C@H]1CO[Si](CCCC)(c1ccccc1)c1ccccc1)SC. The zero-order valence-electron chi connectivity index (χ0n) is 22.4. The highest BCUT2D eigenvalue weighted by molar-refractivity contribution is 8.02. The molecule has 0 radical (unpaired) electrons. The van der Waals surface area contributed by atoms with Gasteiger partial charge >= 0.3 is 0 Å². The number of fused-ring (bicyclic) bond motifs is 1. The van der Waals surface area contributed by atoms with E-state index in [9.17, 15) is 0 Å². The van der Waals surface area contributed by atoms with E-state index in [1.807, 2.05) is 13.1 Å². The van der Waals surface area contributed by atoms with Crippen LogP contribution >= 0.6 is 11.8 Å². The number of rotatable bonds is 12. The molecule has 37 heavy (non-hydrogen) atoms. The first kappa shape index (κ1) is 27.3. The fourth-order valence-corrected chi connectivity index (χ4v) is 9.65. The monoisotopic (exact) mass is 533 g/mol. The van der Waals surface area contributed by atoms with Gasteiger partial charge in [0, 0.05) is 6.20 Å². The molecule has 2 heterocycles. The molecular weight excluding hydrogens is 495 g/mol. The second-order valence-electron chi connectivity index (χ2n) is 9.17. The lowest BCUT2D eigenvalue weighted by molar-refractivity contribution is 0.239. The number of thioether (sulfide) groups is 1. The summed E-state index contributed by atoms with van der Waals surface area (Å²) in [6.45, 7) is 7.39. The molecule has 1 aliphatic heterocycles. The van der Waals surface area contributed by atoms with Gasteiger partial charge in [-0.25, -0.2) is 4.99 Å². The number of ether oxygens (including phenoxy) is 1. The topological polar surface area (TPSA) is 47.8 Å². The van der Waals surface area contributed by atoms with Crippen molar-refractivity contribution >= 4 is 36.5 Å². The van der Waals surface area contributed by atoms with Gasteiger partial charge in [0.15, 0.2) is 0 Å². The molecule has 0 saturated heterocycles. The van der Waals surface area contributed by atoms with Crippen LogP contribution in [0.1, 0.15) is 45.3 Å². The Kier molecular flexibility index (Phi) is 9.72. The minimum atomic E-state index is -2.52. The molecule has 4 rings (SSSR count). The highest BCUT2D eigenvalue weighted by Gasteiger charge is 2.41. The van der Waals surface area contributed by atoms with E-state index in [2.05, 4.69) is 109 Å². The van der Waals surface area contributed by atoms with Crippen LogP contribution in [0.15, 0.2) is 95.1 Å². The predicted octanol–water partition coefficient (Wildman–Crippen LogP) is 5.54. The maximum Gasteiger partial charge on any atom is 0.296 e. The molecule has 1 aliphatic rings. The van der Waals surface area contributed by atoms with E-state index in [4.69, 9.17) is 14.2 Å². The van der Waals surface area contributed by atoms with Crippen LogP contribution in [0.25, 0.3) is 0 Å². The Morgan fingerprint density at radius 1 is 1.03 bits per heavy atom. The summed E-state index contributed by atoms with van der Waals surface area (Å²) in [6.07, 6.45) is 8.49. The zero-order valence-corrected chi connectivity index (χ0v) is 24.2. The number of benzene rings is 2. The average molecular weight is 534 g/mol. The van der Waals surface area contributed by atoms with Gasteiger partial charge in [-0.05, 0) is 48.7 Å². The van der Waals surface area contributed by atoms with Crippen molar-refractivity contribution in [2.75, 3.05) is 19.5 Å². The number of hydrogen-bond acceptors (Lipinski definition) is 5. The molecule has 1 aromatic heterocycles. The standard InChI is InChI=1S/C30H39N3O2SSi/c1-5-8-22-37(24-16-11-9-12-17-24,25-18-13-10-14-19-25)35-23-26-29(32-28(6-2)36-4)27-20-15-21-33(27)30(31-26)34-7-3/h6,9-21,26,29,32H,5,7-8,22-23H2,1-4H3/b28-6+/t26-,29-/m0/s1. The first-order valence-electron chi connectivity index (χ1n) is 13.3. The van der Waals surface area contributed by atoms with Gasteiger partial charge in [0.25, 0.3) is 14.3 Å². The largest absolute Gasteiger partial charge is 0.465 e. The van der Waals surface area contributed by atoms with E-state index in [-0.39, 0.29) is 12.1 Å². The Bertz CT molecular complexity index is 1140. The number of hydrogen-bond donors (Lipinski definition) is 1. The molecule has 7 heteroatoms. The van der Waals surface area contributed by atoms with Crippen molar-refractivity contribution in [2.45, 2.75) is 51.7 Å². The Hall–Kier alpha value is -2.74. The van der Waals surface area contributed by atoms with Crippen LogP contribution < -0.4 is 15.7 Å². The summed E-state index contributed by atoms with van der Waals surface area (Å²) in [5, 5.41) is 7.49. The second-order valence-corrected chi connectivity index (χ2v) is 13.6. The minimum Gasteiger partial charge on any atom is -0.465 e. The van der Waals surface area contributed by atoms with Gasteiger partial charge in [-0.15, -0.1) is 11.8 Å². The van der Waals surface area contributed by atoms with E-state index in [1.165, 1.54) is 10.4 Å². The molecule has 5 nitrogen and oxygen atoms in total. The quantitative estimate of drug-likeness (QED) is 0.311. The van der Waals surface area contributed by atoms with Crippen LogP contribution in [0.3, 0.4) is 0 Å². The maximum atomic E-state index is 7.24. The van der Waals surface area contributed by atoms with Gasteiger partial charge in [-0.3, -0.25) is 4.57 Å². The van der Waals surface area contributed by atoms with E-state index in [0.717, 1.165) is 29.6 Å². The molecule has 1 N–H and O–H groups in total. The third-order valence-electron chi connectivity index (χ3n) is 6.88. The molecule has 0 fully saturated rings. The number of aromatic nitrogens is 1. The molecular formula is C30H39N3O2SSi. The van der Waals surface area contributed by atoms with Crippen LogP contribution in [-0.2, 0) is 9.16 Å². The molecule has 0 aliphatic carbocycles. The second kappa shape index (κ2) is 13.2. The minimum absolute atomic E-state index is 0.0257. The smallest absolute Gasteiger partial charge is 0.296 e. The van der Waals surface area contributed by atoms with Crippen molar-refractivity contribution in [3.8, 4) is 0 Å². The molecule has 2 aromatic carbocycles. The Morgan fingerprint density at radius 3 is 2.27 bits per heavy atom. The van der Waals surface area contributed by atoms with E-state index < -0.39 is 8.32 Å². The van der Waals surface area contributed by atoms with Crippen molar-refractivity contribution in [2.24, 2.45) is 4.99 Å². The number of nitrogens with one attached hydrogen (secondary N) is 1. The average Bonchev–Trinajstić information content (AvgIpc) is 3.45. The van der Waals surface area contributed by atoms with Crippen molar-refractivity contribution in [3.63, 3.8) is 0 Å². The maximum absolute atomic E-state index is 7.24. The molecule has 0 saturated carbocycles. The summed E-state index contributed by atoms with van der Waals surface area (Å²) in [5.74, 6) is 0. The zero-order chi connectivity index (χ0) is 26.1. The molecule has 0 amide bonds. The van der Waals surface area contributed by atoms with Gasteiger partial charge in [0.1, 0.15) is 6.04 Å². The summed E-state index contributed by atoms with van der Waals surface area (Å²) >= 11 is 1.71. The lowest BCUT2D eigenvalue weighted by Crippen LogP contribution is -2.61. The molecule has 0 unspecified atom stereocenters. The number of aliphatic imine (C=N–C) groups is 1. The Balaban J connectivity index is 1.75. The summed E-state index contributed by atoms with van der Waals surface area (Å²) in [7, 11) is -2.52. The fourth-order valence-electron chi connectivity index (χ4n) is 5.01. The van der Waals surface area contributed by atoms with Crippen molar-refractivity contribution in [1.29, 1.82) is 0 Å². The molecule has 196 valence electrons. The highest BCUT2D eigenvalue weighted by atomic mass is 32.2. The van der Waals surface area contributed by atoms with Gasteiger partial charge in [0.05, 0.1) is 30.0 Å². The first-order valence-corrected chi connectivity index (χ1v) is 16.6. The fraction of sp³-hybridized carbons (Fsp3) is 0.367. The van der Waals surface area contributed by atoms with Crippen LogP contribution in [0, 0.1) is 0 Å². The Labute approximate surface area is 227 Å². The molecule has 0 spiro atoms. The van der Waals surface area contributed by atoms with Crippen LogP contribution in [0.4, 0.5) is 0 Å². The lowest BCUT2D eigenvalue weighted by atomic mass is 10.0. The normalized spacial score (nSPS) is 17.7. The van der Waals surface area contributed by atoms with E-state index in [1.54, 1.807) is 11.8 Å². The summed E-state index contributed by atoms with van der Waals surface area (Å²) in [6, 6.07) is 27.4. The van der Waals surface area contributed by atoms with Crippen LogP contribution in [-0.4, -0.2) is 44.4 Å². The van der Waals surface area contributed by atoms with Gasteiger partial charge in [-0.1, -0.05) is 86.5 Å². The highest BCUT2D eigenvalue weighted by Crippen LogP contribution is 2.30. The van der Waals surface area contributed by atoms with E-state index >= 15 is 0 Å². The summed E-state index contributed by atoms with van der Waals surface area (Å²) in [4.78, 5) is 5.11. The van der Waals surface area contributed by atoms with Crippen molar-refractivity contribution < 1.29 is 9.16 Å². The molecule has 3 aromatic rings. The predicted molar refractivity (Wildman–Crippen MR) is 159 cm³/mol. The Morgan fingerprint density at radius 2 is 1.70 bits per heavy atom. The van der Waals surface area contributed by atoms with Crippen molar-refractivity contribution in [1.82, 2.24) is 9.88 Å². The number of unbranched alkanes of at least 4 members (excludes halogenated alkanes) is 1. The molecule has 2 atom stereocenters. The van der Waals surface area contributed by atoms with Crippen molar-refractivity contribution in [3.05, 3.63) is 95.8 Å². The van der Waals surface area contributed by atoms with Gasteiger partial charge in [-0.2, -0.15) is 0 Å². The molecule has 0 bridgehead atoms. The summed E-state index contributed by atoms with van der Waals surface area (Å²) < 4.78 is 15.3. The van der Waals surface area contributed by atoms with Gasteiger partial charge < -0.3 is 14.5 Å².